The van der Waals surface area contributed by atoms with Crippen LogP contribution in [0.5, 0.6) is 0 Å². The molecule has 2 atom stereocenters. The summed E-state index contributed by atoms with van der Waals surface area (Å²) in [7, 11) is 2.08. The van der Waals surface area contributed by atoms with Crippen molar-refractivity contribution in [3.8, 4) is 0 Å². The van der Waals surface area contributed by atoms with Gasteiger partial charge >= 0.3 is 11.9 Å². The SMILES string of the molecule is C.CCCCCCCCCCC(CCCCCC(=O)OCCC(CCCCCCCC)CCCCCCCC)COC(=O)C1CCN(C)C1. The number of ether oxygens (including phenoxy) is 2. The Morgan fingerprint density at radius 2 is 1.00 bits per heavy atom. The van der Waals surface area contributed by atoms with E-state index in [1.807, 2.05) is 0 Å². The van der Waals surface area contributed by atoms with Gasteiger partial charge in [0.25, 0.3) is 0 Å². The zero-order valence-corrected chi connectivity index (χ0v) is 32.9. The molecule has 0 spiro atoms. The Morgan fingerprint density at radius 3 is 1.45 bits per heavy atom. The van der Waals surface area contributed by atoms with E-state index in [9.17, 15) is 9.59 Å². The summed E-state index contributed by atoms with van der Waals surface area (Å²) in [6.07, 6.45) is 37.2. The van der Waals surface area contributed by atoms with Crippen molar-refractivity contribution < 1.29 is 19.1 Å². The maximum atomic E-state index is 12.7. The highest BCUT2D eigenvalue weighted by atomic mass is 16.5. The van der Waals surface area contributed by atoms with Crippen LogP contribution in [0.3, 0.4) is 0 Å². The van der Waals surface area contributed by atoms with Crippen LogP contribution in [-0.4, -0.2) is 50.2 Å². The lowest BCUT2D eigenvalue weighted by Gasteiger charge is -2.19. The fraction of sp³-hybridized carbons (Fsp3) is 0.955. The lowest BCUT2D eigenvalue weighted by molar-refractivity contribution is -0.149. The van der Waals surface area contributed by atoms with E-state index in [1.54, 1.807) is 0 Å². The number of likely N-dealkylation sites (tertiary alicyclic amines) is 1. The number of rotatable bonds is 35. The first-order valence-corrected chi connectivity index (χ1v) is 21.5. The van der Waals surface area contributed by atoms with Crippen LogP contribution in [0.4, 0.5) is 0 Å². The van der Waals surface area contributed by atoms with Crippen molar-refractivity contribution in [1.82, 2.24) is 4.90 Å². The number of carbonyl (C=O) groups excluding carboxylic acids is 2. The van der Waals surface area contributed by atoms with Crippen LogP contribution in [0.1, 0.15) is 221 Å². The van der Waals surface area contributed by atoms with Crippen LogP contribution < -0.4 is 0 Å². The fourth-order valence-electron chi connectivity index (χ4n) is 7.47. The summed E-state index contributed by atoms with van der Waals surface area (Å²) in [5.41, 5.74) is 0. The molecule has 1 saturated heterocycles. The van der Waals surface area contributed by atoms with Crippen molar-refractivity contribution >= 4 is 11.9 Å². The van der Waals surface area contributed by atoms with Crippen LogP contribution in [-0.2, 0) is 19.1 Å². The molecule has 2 unspecified atom stereocenters. The molecule has 5 heteroatoms. The quantitative estimate of drug-likeness (QED) is 0.0488. The van der Waals surface area contributed by atoms with Gasteiger partial charge in [-0.05, 0) is 57.5 Å². The molecule has 0 amide bonds. The molecular weight excluding hydrogens is 606 g/mol. The average Bonchev–Trinajstić information content (AvgIpc) is 3.53. The number of hydrogen-bond acceptors (Lipinski definition) is 5. The molecule has 0 radical (unpaired) electrons. The fourth-order valence-corrected chi connectivity index (χ4v) is 7.47. The molecule has 0 saturated carbocycles. The second kappa shape index (κ2) is 35.3. The van der Waals surface area contributed by atoms with Crippen LogP contribution in [0.2, 0.25) is 0 Å². The van der Waals surface area contributed by atoms with Gasteiger partial charge in [-0.2, -0.15) is 0 Å². The Bertz CT molecular complexity index is 712. The molecule has 1 aliphatic rings. The molecule has 0 aromatic rings. The molecule has 1 rings (SSSR count). The maximum Gasteiger partial charge on any atom is 0.310 e. The Balaban J connectivity index is 0.0000230. The number of unbranched alkanes of at least 4 members (excludes halogenated alkanes) is 19. The minimum Gasteiger partial charge on any atom is -0.466 e. The van der Waals surface area contributed by atoms with E-state index in [1.165, 1.54) is 141 Å². The van der Waals surface area contributed by atoms with Gasteiger partial charge in [0.15, 0.2) is 0 Å². The van der Waals surface area contributed by atoms with Gasteiger partial charge in [-0.1, -0.05) is 182 Å². The van der Waals surface area contributed by atoms with E-state index >= 15 is 0 Å². The van der Waals surface area contributed by atoms with Crippen molar-refractivity contribution in [1.29, 1.82) is 0 Å². The van der Waals surface area contributed by atoms with Gasteiger partial charge in [-0.3, -0.25) is 9.59 Å². The Labute approximate surface area is 307 Å². The normalized spacial score (nSPS) is 15.4. The minimum atomic E-state index is -0.0150. The van der Waals surface area contributed by atoms with E-state index in [2.05, 4.69) is 32.7 Å². The lowest BCUT2D eigenvalue weighted by atomic mass is 9.91. The highest BCUT2D eigenvalue weighted by molar-refractivity contribution is 5.73. The first-order chi connectivity index (χ1) is 23.5. The molecule has 0 N–H and O–H groups in total. The largest absolute Gasteiger partial charge is 0.466 e. The van der Waals surface area contributed by atoms with Crippen LogP contribution in [0.25, 0.3) is 0 Å². The Kier molecular flexibility index (Phi) is 34.5. The molecule has 1 fully saturated rings. The third-order valence-electron chi connectivity index (χ3n) is 10.9. The number of esters is 2. The predicted octanol–water partition coefficient (Wildman–Crippen LogP) is 13.3. The van der Waals surface area contributed by atoms with Gasteiger partial charge in [0.05, 0.1) is 19.1 Å². The predicted molar refractivity (Wildman–Crippen MR) is 212 cm³/mol. The number of nitrogens with zero attached hydrogens (tertiary/aromatic N) is 1. The van der Waals surface area contributed by atoms with Gasteiger partial charge < -0.3 is 14.4 Å². The summed E-state index contributed by atoms with van der Waals surface area (Å²) in [4.78, 5) is 27.5. The summed E-state index contributed by atoms with van der Waals surface area (Å²) in [5.74, 6) is 1.18. The summed E-state index contributed by atoms with van der Waals surface area (Å²) < 4.78 is 11.6. The van der Waals surface area contributed by atoms with E-state index in [0.29, 0.717) is 31.5 Å². The molecule has 0 aromatic carbocycles. The van der Waals surface area contributed by atoms with Crippen LogP contribution in [0, 0.1) is 17.8 Å². The van der Waals surface area contributed by atoms with Crippen LogP contribution in [0.15, 0.2) is 0 Å². The van der Waals surface area contributed by atoms with Gasteiger partial charge in [-0.25, -0.2) is 0 Å². The van der Waals surface area contributed by atoms with Crippen LogP contribution >= 0.6 is 0 Å². The average molecular weight is 694 g/mol. The van der Waals surface area contributed by atoms with E-state index in [-0.39, 0.29) is 25.3 Å². The Morgan fingerprint density at radius 1 is 0.571 bits per heavy atom. The summed E-state index contributed by atoms with van der Waals surface area (Å²) in [6, 6.07) is 0. The topological polar surface area (TPSA) is 55.8 Å². The zero-order valence-electron chi connectivity index (χ0n) is 32.9. The third-order valence-corrected chi connectivity index (χ3v) is 10.9. The van der Waals surface area contributed by atoms with Crippen molar-refractivity contribution in [2.75, 3.05) is 33.4 Å². The molecule has 0 aliphatic carbocycles. The van der Waals surface area contributed by atoms with Crippen molar-refractivity contribution in [2.24, 2.45) is 17.8 Å². The summed E-state index contributed by atoms with van der Waals surface area (Å²) >= 11 is 0. The molecule has 1 aliphatic heterocycles. The zero-order chi connectivity index (χ0) is 34.9. The molecule has 49 heavy (non-hydrogen) atoms. The van der Waals surface area contributed by atoms with E-state index in [0.717, 1.165) is 58.0 Å². The van der Waals surface area contributed by atoms with Gasteiger partial charge in [-0.15, -0.1) is 0 Å². The highest BCUT2D eigenvalue weighted by Gasteiger charge is 2.28. The second-order valence-electron chi connectivity index (χ2n) is 15.6. The molecule has 1 heterocycles. The molecule has 0 bridgehead atoms. The monoisotopic (exact) mass is 694 g/mol. The third kappa shape index (κ3) is 29.2. The molecule has 0 aromatic heterocycles. The number of hydrogen-bond donors (Lipinski definition) is 0. The summed E-state index contributed by atoms with van der Waals surface area (Å²) in [6.45, 7) is 9.82. The van der Waals surface area contributed by atoms with Crippen molar-refractivity contribution in [2.45, 2.75) is 221 Å². The first-order valence-electron chi connectivity index (χ1n) is 21.5. The van der Waals surface area contributed by atoms with Gasteiger partial charge in [0, 0.05) is 13.0 Å². The van der Waals surface area contributed by atoms with Crippen molar-refractivity contribution in [3.05, 3.63) is 0 Å². The van der Waals surface area contributed by atoms with E-state index in [4.69, 9.17) is 9.47 Å². The van der Waals surface area contributed by atoms with E-state index < -0.39 is 0 Å². The first kappa shape index (κ1) is 47.9. The lowest BCUT2D eigenvalue weighted by Crippen LogP contribution is -2.24. The minimum absolute atomic E-state index is 0. The van der Waals surface area contributed by atoms with Crippen molar-refractivity contribution in [3.63, 3.8) is 0 Å². The Hall–Kier alpha value is -1.10. The van der Waals surface area contributed by atoms with Gasteiger partial charge in [0.2, 0.25) is 0 Å². The highest BCUT2D eigenvalue weighted by Crippen LogP contribution is 2.24. The number of carbonyl (C=O) groups is 2. The maximum absolute atomic E-state index is 12.7. The molecule has 5 nitrogen and oxygen atoms in total. The second-order valence-corrected chi connectivity index (χ2v) is 15.6. The van der Waals surface area contributed by atoms with Gasteiger partial charge in [0.1, 0.15) is 0 Å². The summed E-state index contributed by atoms with van der Waals surface area (Å²) in [5, 5.41) is 0. The molecular formula is C44H87NO4. The molecule has 292 valence electrons. The standard InChI is InChI=1S/C43H83NO4.CH4/c1-5-8-11-14-17-18-21-25-30-40(38-48-43(46)41-33-35-44(4)37-41)31-26-22-27-32-42(45)47-36-34-39(28-23-19-15-12-9-6-2)29-24-20-16-13-10-7-3;/h39-41H,5-38H2,1-4H3;1H4. The smallest absolute Gasteiger partial charge is 0.310 e.